The SMILES string of the molecule is CCC(=O)N1N=C2c3ccc(OC)cc3CC[C@@H]2[C@@H]1c1ccc(N(C)C)cc1. The summed E-state index contributed by atoms with van der Waals surface area (Å²) in [6.45, 7) is 1.90. The Bertz CT molecular complexity index is 918. The van der Waals surface area contributed by atoms with Crippen molar-refractivity contribution >= 4 is 17.3 Å². The summed E-state index contributed by atoms with van der Waals surface area (Å²) in [5, 5.41) is 6.57. The van der Waals surface area contributed by atoms with Crippen molar-refractivity contribution in [3.63, 3.8) is 0 Å². The number of benzene rings is 2. The molecule has 2 atom stereocenters. The molecule has 28 heavy (non-hydrogen) atoms. The van der Waals surface area contributed by atoms with Gasteiger partial charge >= 0.3 is 0 Å². The fourth-order valence-corrected chi connectivity index (χ4v) is 4.30. The number of hydrazone groups is 1. The van der Waals surface area contributed by atoms with Crippen molar-refractivity contribution in [1.29, 1.82) is 0 Å². The molecular weight excluding hydrogens is 350 g/mol. The lowest BCUT2D eigenvalue weighted by atomic mass is 9.77. The molecule has 0 fully saturated rings. The van der Waals surface area contributed by atoms with E-state index in [1.54, 1.807) is 12.1 Å². The van der Waals surface area contributed by atoms with Crippen molar-refractivity contribution in [3.8, 4) is 5.75 Å². The van der Waals surface area contributed by atoms with Gasteiger partial charge in [-0.05, 0) is 54.3 Å². The third kappa shape index (κ3) is 3.05. The summed E-state index contributed by atoms with van der Waals surface area (Å²) >= 11 is 0. The van der Waals surface area contributed by atoms with Crippen LogP contribution in [0.2, 0.25) is 0 Å². The van der Waals surface area contributed by atoms with E-state index in [2.05, 4.69) is 41.3 Å². The van der Waals surface area contributed by atoms with Crippen LogP contribution in [0.25, 0.3) is 0 Å². The summed E-state index contributed by atoms with van der Waals surface area (Å²) in [6, 6.07) is 14.6. The first-order valence-corrected chi connectivity index (χ1v) is 9.88. The highest BCUT2D eigenvalue weighted by Gasteiger charge is 2.43. The molecule has 0 saturated carbocycles. The maximum Gasteiger partial charge on any atom is 0.242 e. The molecule has 2 aromatic rings. The number of anilines is 1. The van der Waals surface area contributed by atoms with E-state index in [-0.39, 0.29) is 17.9 Å². The van der Waals surface area contributed by atoms with E-state index < -0.39 is 0 Å². The van der Waals surface area contributed by atoms with Crippen LogP contribution in [0, 0.1) is 5.92 Å². The normalized spacial score (nSPS) is 20.3. The van der Waals surface area contributed by atoms with Crippen molar-refractivity contribution in [3.05, 3.63) is 59.2 Å². The molecule has 146 valence electrons. The molecule has 1 heterocycles. The van der Waals surface area contributed by atoms with Gasteiger partial charge in [-0.25, -0.2) is 5.01 Å². The molecule has 2 aliphatic rings. The summed E-state index contributed by atoms with van der Waals surface area (Å²) in [7, 11) is 5.76. The molecule has 0 unspecified atom stereocenters. The first-order valence-electron chi connectivity index (χ1n) is 9.88. The van der Waals surface area contributed by atoms with Gasteiger partial charge in [0, 0.05) is 37.7 Å². The Morgan fingerprint density at radius 1 is 1.21 bits per heavy atom. The summed E-state index contributed by atoms with van der Waals surface area (Å²) in [5.74, 6) is 1.16. The van der Waals surface area contributed by atoms with E-state index in [1.807, 2.05) is 27.1 Å². The van der Waals surface area contributed by atoms with Crippen molar-refractivity contribution in [2.45, 2.75) is 32.2 Å². The average Bonchev–Trinajstić information content (AvgIpc) is 3.12. The zero-order chi connectivity index (χ0) is 19.8. The molecule has 1 amide bonds. The van der Waals surface area contributed by atoms with Crippen LogP contribution in [0.3, 0.4) is 0 Å². The molecule has 0 bridgehead atoms. The summed E-state index contributed by atoms with van der Waals surface area (Å²) in [4.78, 5) is 14.8. The highest BCUT2D eigenvalue weighted by Crippen LogP contribution is 2.44. The van der Waals surface area contributed by atoms with Gasteiger partial charge in [0.15, 0.2) is 0 Å². The number of amides is 1. The minimum atomic E-state index is -0.0334. The first kappa shape index (κ1) is 18.5. The van der Waals surface area contributed by atoms with Gasteiger partial charge in [-0.3, -0.25) is 4.79 Å². The van der Waals surface area contributed by atoms with Crippen molar-refractivity contribution < 1.29 is 9.53 Å². The van der Waals surface area contributed by atoms with Crippen LogP contribution in [0.1, 0.15) is 42.5 Å². The lowest BCUT2D eigenvalue weighted by molar-refractivity contribution is -0.133. The Hall–Kier alpha value is -2.82. The van der Waals surface area contributed by atoms with Gasteiger partial charge in [0.05, 0.1) is 18.9 Å². The fraction of sp³-hybridized carbons (Fsp3) is 0.391. The summed E-state index contributed by atoms with van der Waals surface area (Å²) in [6.07, 6.45) is 2.40. The Morgan fingerprint density at radius 2 is 1.96 bits per heavy atom. The molecule has 0 aromatic heterocycles. The van der Waals surface area contributed by atoms with Gasteiger partial charge in [0.2, 0.25) is 5.91 Å². The second-order valence-electron chi connectivity index (χ2n) is 7.68. The Labute approximate surface area is 166 Å². The fourth-order valence-electron chi connectivity index (χ4n) is 4.30. The number of hydrogen-bond donors (Lipinski definition) is 0. The number of carbonyl (C=O) groups is 1. The van der Waals surface area contributed by atoms with E-state index in [1.165, 1.54) is 5.56 Å². The lowest BCUT2D eigenvalue weighted by Gasteiger charge is -2.30. The quantitative estimate of drug-likeness (QED) is 0.808. The number of ether oxygens (including phenoxy) is 1. The molecular formula is C23H27N3O2. The second-order valence-corrected chi connectivity index (χ2v) is 7.68. The molecule has 1 aliphatic heterocycles. The molecule has 2 aromatic carbocycles. The average molecular weight is 377 g/mol. The van der Waals surface area contributed by atoms with Crippen LogP contribution in [-0.4, -0.2) is 37.8 Å². The molecule has 0 radical (unpaired) electrons. The number of rotatable bonds is 4. The minimum absolute atomic E-state index is 0.0334. The number of hydrogen-bond acceptors (Lipinski definition) is 4. The van der Waals surface area contributed by atoms with Gasteiger partial charge in [-0.15, -0.1) is 0 Å². The molecule has 4 rings (SSSR count). The van der Waals surface area contributed by atoms with Gasteiger partial charge in [-0.1, -0.05) is 19.1 Å². The maximum absolute atomic E-state index is 12.7. The van der Waals surface area contributed by atoms with Crippen LogP contribution in [0.15, 0.2) is 47.6 Å². The number of methoxy groups -OCH3 is 1. The summed E-state index contributed by atoms with van der Waals surface area (Å²) < 4.78 is 5.38. The zero-order valence-corrected chi connectivity index (χ0v) is 17.0. The largest absolute Gasteiger partial charge is 0.497 e. The third-order valence-corrected chi connectivity index (χ3v) is 5.83. The van der Waals surface area contributed by atoms with Crippen molar-refractivity contribution in [2.75, 3.05) is 26.1 Å². The van der Waals surface area contributed by atoms with Gasteiger partial charge in [-0.2, -0.15) is 5.10 Å². The van der Waals surface area contributed by atoms with Crippen molar-refractivity contribution in [1.82, 2.24) is 5.01 Å². The van der Waals surface area contributed by atoms with Crippen molar-refractivity contribution in [2.24, 2.45) is 11.0 Å². The number of fused-ring (bicyclic) bond motifs is 3. The third-order valence-electron chi connectivity index (χ3n) is 5.83. The lowest BCUT2D eigenvalue weighted by Crippen LogP contribution is -2.31. The molecule has 5 heteroatoms. The second kappa shape index (κ2) is 7.30. The Kier molecular flexibility index (Phi) is 4.84. The maximum atomic E-state index is 12.7. The number of aryl methyl sites for hydroxylation is 1. The molecule has 5 nitrogen and oxygen atoms in total. The standard InChI is InChI=1S/C23H27N3O2/c1-5-21(27)26-23(15-6-9-17(10-7-15)25(2)3)20-12-8-16-14-18(28-4)11-13-19(16)22(20)24-26/h6-7,9-11,13-14,20,23H,5,8,12H2,1-4H3/t20-,23-/m0/s1. The molecule has 0 spiro atoms. The first-order chi connectivity index (χ1) is 13.5. The highest BCUT2D eigenvalue weighted by atomic mass is 16.5. The van der Waals surface area contributed by atoms with Gasteiger partial charge < -0.3 is 9.64 Å². The monoisotopic (exact) mass is 377 g/mol. The Morgan fingerprint density at radius 3 is 2.61 bits per heavy atom. The Balaban J connectivity index is 1.74. The van der Waals surface area contributed by atoms with Gasteiger partial charge in [0.25, 0.3) is 0 Å². The van der Waals surface area contributed by atoms with Crippen LogP contribution in [-0.2, 0) is 11.2 Å². The molecule has 0 saturated heterocycles. The van der Waals surface area contributed by atoms with E-state index >= 15 is 0 Å². The highest BCUT2D eigenvalue weighted by molar-refractivity contribution is 6.07. The number of nitrogens with zero attached hydrogens (tertiary/aromatic N) is 3. The molecule has 1 aliphatic carbocycles. The summed E-state index contributed by atoms with van der Waals surface area (Å²) in [5.41, 5.74) is 5.73. The van der Waals surface area contributed by atoms with Gasteiger partial charge in [0.1, 0.15) is 5.75 Å². The topological polar surface area (TPSA) is 45.1 Å². The van der Waals surface area contributed by atoms with Crippen LogP contribution < -0.4 is 9.64 Å². The predicted octanol–water partition coefficient (Wildman–Crippen LogP) is 4.02. The van der Waals surface area contributed by atoms with E-state index in [0.717, 1.165) is 41.1 Å². The van der Waals surface area contributed by atoms with Crippen LogP contribution in [0.5, 0.6) is 5.75 Å². The zero-order valence-electron chi connectivity index (χ0n) is 17.0. The van der Waals surface area contributed by atoms with Crippen LogP contribution in [0.4, 0.5) is 5.69 Å². The predicted molar refractivity (Wildman–Crippen MR) is 112 cm³/mol. The number of carbonyl (C=O) groups excluding carboxylic acids is 1. The molecule has 0 N–H and O–H groups in total. The minimum Gasteiger partial charge on any atom is -0.497 e. The van der Waals surface area contributed by atoms with E-state index in [9.17, 15) is 4.79 Å². The van der Waals surface area contributed by atoms with E-state index in [4.69, 9.17) is 9.84 Å². The van der Waals surface area contributed by atoms with E-state index in [0.29, 0.717) is 6.42 Å². The van der Waals surface area contributed by atoms with Crippen LogP contribution >= 0.6 is 0 Å². The smallest absolute Gasteiger partial charge is 0.242 e.